The predicted octanol–water partition coefficient (Wildman–Crippen LogP) is 3.89. The maximum absolute atomic E-state index is 3.85. The van der Waals surface area contributed by atoms with Gasteiger partial charge < -0.3 is 5.32 Å². The summed E-state index contributed by atoms with van der Waals surface area (Å²) in [5.74, 6) is 0. The summed E-state index contributed by atoms with van der Waals surface area (Å²) in [6.07, 6.45) is 4.04. The summed E-state index contributed by atoms with van der Waals surface area (Å²) in [7, 11) is 0. The first-order valence-corrected chi connectivity index (χ1v) is 8.51. The molecule has 22 heavy (non-hydrogen) atoms. The number of hydrogen-bond donors (Lipinski definition) is 1. The highest BCUT2D eigenvalue weighted by atomic mass is 15.2. The van der Waals surface area contributed by atoms with Crippen molar-refractivity contribution in [3.63, 3.8) is 0 Å². The Morgan fingerprint density at radius 1 is 0.955 bits per heavy atom. The molecule has 0 amide bonds. The molecule has 2 nitrogen and oxygen atoms in total. The molecule has 114 valence electrons. The molecule has 0 bridgehead atoms. The zero-order valence-electron chi connectivity index (χ0n) is 13.0. The first kappa shape index (κ1) is 14.0. The van der Waals surface area contributed by atoms with Crippen molar-refractivity contribution in [3.8, 4) is 0 Å². The number of fused-ring (bicyclic) bond motifs is 2. The van der Waals surface area contributed by atoms with Crippen molar-refractivity contribution in [3.05, 3.63) is 71.3 Å². The van der Waals surface area contributed by atoms with Crippen LogP contribution < -0.4 is 5.32 Å². The summed E-state index contributed by atoms with van der Waals surface area (Å²) >= 11 is 0. The van der Waals surface area contributed by atoms with Gasteiger partial charge in [-0.15, -0.1) is 0 Å². The highest BCUT2D eigenvalue weighted by Crippen LogP contribution is 2.36. The molecule has 2 aromatic rings. The second-order valence-electron chi connectivity index (χ2n) is 6.58. The number of benzene rings is 2. The van der Waals surface area contributed by atoms with Gasteiger partial charge in [-0.25, -0.2) is 0 Å². The van der Waals surface area contributed by atoms with Gasteiger partial charge >= 0.3 is 0 Å². The van der Waals surface area contributed by atoms with Gasteiger partial charge in [-0.1, -0.05) is 61.0 Å². The summed E-state index contributed by atoms with van der Waals surface area (Å²) in [5, 5.41) is 3.85. The molecule has 0 saturated carbocycles. The molecule has 0 radical (unpaired) electrons. The molecule has 0 unspecified atom stereocenters. The standard InChI is InChI=1S/C20H24N2/c1-2-8-16(9-3-1)14-21-20-18-11-5-4-10-17(18)15-22-13-7-6-12-19(20)22/h1-5,8-11,19-21H,6-7,12-15H2/t19-,20+/m0/s1. The van der Waals surface area contributed by atoms with E-state index >= 15 is 0 Å². The van der Waals surface area contributed by atoms with Crippen LogP contribution >= 0.6 is 0 Å². The summed E-state index contributed by atoms with van der Waals surface area (Å²) in [4.78, 5) is 2.69. The molecule has 2 aromatic carbocycles. The Morgan fingerprint density at radius 3 is 2.68 bits per heavy atom. The molecule has 2 aliphatic rings. The molecular weight excluding hydrogens is 268 g/mol. The van der Waals surface area contributed by atoms with Gasteiger partial charge in [0.1, 0.15) is 0 Å². The van der Waals surface area contributed by atoms with Gasteiger partial charge in [-0.3, -0.25) is 4.90 Å². The Bertz CT molecular complexity index is 623. The van der Waals surface area contributed by atoms with Gasteiger partial charge in [0.05, 0.1) is 0 Å². The van der Waals surface area contributed by atoms with Gasteiger partial charge in [0.2, 0.25) is 0 Å². The van der Waals surface area contributed by atoms with Crippen LogP contribution in [-0.2, 0) is 13.1 Å². The van der Waals surface area contributed by atoms with Crippen molar-refractivity contribution in [2.75, 3.05) is 6.54 Å². The number of nitrogens with zero attached hydrogens (tertiary/aromatic N) is 1. The lowest BCUT2D eigenvalue weighted by Gasteiger charge is -2.45. The fourth-order valence-electron chi connectivity index (χ4n) is 4.07. The third-order valence-electron chi connectivity index (χ3n) is 5.18. The van der Waals surface area contributed by atoms with Crippen molar-refractivity contribution < 1.29 is 0 Å². The van der Waals surface area contributed by atoms with Crippen LogP contribution in [0.1, 0.15) is 42.0 Å². The lowest BCUT2D eigenvalue weighted by molar-refractivity contribution is 0.0911. The number of piperidine rings is 1. The number of rotatable bonds is 3. The van der Waals surface area contributed by atoms with E-state index < -0.39 is 0 Å². The van der Waals surface area contributed by atoms with Crippen LogP contribution in [0.15, 0.2) is 54.6 Å². The molecule has 1 fully saturated rings. The van der Waals surface area contributed by atoms with E-state index in [2.05, 4.69) is 64.8 Å². The van der Waals surface area contributed by atoms with Crippen molar-refractivity contribution in [2.24, 2.45) is 0 Å². The molecule has 4 rings (SSSR count). The van der Waals surface area contributed by atoms with Gasteiger partial charge in [0, 0.05) is 25.2 Å². The van der Waals surface area contributed by atoms with E-state index in [1.54, 1.807) is 0 Å². The average Bonchev–Trinajstić information content (AvgIpc) is 2.59. The second-order valence-corrected chi connectivity index (χ2v) is 6.58. The fraction of sp³-hybridized carbons (Fsp3) is 0.400. The van der Waals surface area contributed by atoms with E-state index in [1.807, 2.05) is 0 Å². The fourth-order valence-corrected chi connectivity index (χ4v) is 4.07. The molecule has 2 aliphatic heterocycles. The van der Waals surface area contributed by atoms with Gasteiger partial charge in [0.25, 0.3) is 0 Å². The second kappa shape index (κ2) is 6.23. The molecule has 1 saturated heterocycles. The zero-order chi connectivity index (χ0) is 14.8. The van der Waals surface area contributed by atoms with E-state index in [4.69, 9.17) is 0 Å². The summed E-state index contributed by atoms with van der Waals surface area (Å²) in [5.41, 5.74) is 4.39. The minimum atomic E-state index is 0.463. The van der Waals surface area contributed by atoms with Crippen molar-refractivity contribution in [1.29, 1.82) is 0 Å². The SMILES string of the molecule is c1ccc(CN[C@@H]2c3ccccc3CN3CCCC[C@@H]23)cc1. The summed E-state index contributed by atoms with van der Waals surface area (Å²) in [6.45, 7) is 3.33. The van der Waals surface area contributed by atoms with E-state index in [0.717, 1.165) is 13.1 Å². The maximum Gasteiger partial charge on any atom is 0.0484 e. The van der Waals surface area contributed by atoms with Crippen LogP contribution in [0.2, 0.25) is 0 Å². The normalized spacial score (nSPS) is 24.5. The average molecular weight is 292 g/mol. The van der Waals surface area contributed by atoms with Crippen LogP contribution in [-0.4, -0.2) is 17.5 Å². The summed E-state index contributed by atoms with van der Waals surface area (Å²) < 4.78 is 0. The van der Waals surface area contributed by atoms with Crippen LogP contribution in [0.5, 0.6) is 0 Å². The Balaban J connectivity index is 1.59. The van der Waals surface area contributed by atoms with Gasteiger partial charge in [-0.05, 0) is 36.1 Å². The van der Waals surface area contributed by atoms with Crippen molar-refractivity contribution in [1.82, 2.24) is 10.2 Å². The van der Waals surface area contributed by atoms with Crippen LogP contribution in [0.3, 0.4) is 0 Å². The van der Waals surface area contributed by atoms with E-state index in [9.17, 15) is 0 Å². The van der Waals surface area contributed by atoms with Crippen LogP contribution in [0, 0.1) is 0 Å². The largest absolute Gasteiger partial charge is 0.304 e. The maximum atomic E-state index is 3.85. The topological polar surface area (TPSA) is 15.3 Å². The molecule has 2 heterocycles. The lowest BCUT2D eigenvalue weighted by Crippen LogP contribution is -2.50. The highest BCUT2D eigenvalue weighted by Gasteiger charge is 2.35. The van der Waals surface area contributed by atoms with Crippen molar-refractivity contribution in [2.45, 2.75) is 44.4 Å². The Morgan fingerprint density at radius 2 is 1.77 bits per heavy atom. The first-order chi connectivity index (χ1) is 10.9. The Labute approximate surface area is 133 Å². The molecule has 0 aliphatic carbocycles. The monoisotopic (exact) mass is 292 g/mol. The number of nitrogens with one attached hydrogen (secondary N) is 1. The minimum absolute atomic E-state index is 0.463. The Hall–Kier alpha value is -1.64. The lowest BCUT2D eigenvalue weighted by atomic mass is 9.84. The van der Waals surface area contributed by atoms with E-state index in [0.29, 0.717) is 12.1 Å². The first-order valence-electron chi connectivity index (χ1n) is 8.51. The van der Waals surface area contributed by atoms with Gasteiger partial charge in [0.15, 0.2) is 0 Å². The third kappa shape index (κ3) is 2.69. The smallest absolute Gasteiger partial charge is 0.0484 e. The van der Waals surface area contributed by atoms with Crippen LogP contribution in [0.25, 0.3) is 0 Å². The predicted molar refractivity (Wildman–Crippen MR) is 90.5 cm³/mol. The van der Waals surface area contributed by atoms with E-state index in [-0.39, 0.29) is 0 Å². The molecule has 0 spiro atoms. The zero-order valence-corrected chi connectivity index (χ0v) is 13.0. The highest BCUT2D eigenvalue weighted by molar-refractivity contribution is 5.34. The quantitative estimate of drug-likeness (QED) is 0.923. The van der Waals surface area contributed by atoms with E-state index in [1.165, 1.54) is 42.5 Å². The number of hydrogen-bond acceptors (Lipinski definition) is 2. The van der Waals surface area contributed by atoms with Crippen molar-refractivity contribution >= 4 is 0 Å². The molecule has 2 heteroatoms. The summed E-state index contributed by atoms with van der Waals surface area (Å²) in [6, 6.07) is 20.9. The Kier molecular flexibility index (Phi) is 3.96. The molecule has 2 atom stereocenters. The van der Waals surface area contributed by atoms with Gasteiger partial charge in [-0.2, -0.15) is 0 Å². The molecular formula is C20H24N2. The third-order valence-corrected chi connectivity index (χ3v) is 5.18. The minimum Gasteiger partial charge on any atom is -0.304 e. The molecule has 0 aromatic heterocycles. The molecule has 1 N–H and O–H groups in total. The van der Waals surface area contributed by atoms with Crippen LogP contribution in [0.4, 0.5) is 0 Å².